The number of rotatable bonds is 4. The monoisotopic (exact) mass is 315 g/mol. The number of hydrogen-bond acceptors (Lipinski definition) is 6. The summed E-state index contributed by atoms with van der Waals surface area (Å²) < 4.78 is 0. The van der Waals surface area contributed by atoms with Gasteiger partial charge in [0.05, 0.1) is 0 Å². The van der Waals surface area contributed by atoms with Crippen LogP contribution < -0.4 is 4.90 Å². The van der Waals surface area contributed by atoms with Crippen LogP contribution in [0.25, 0.3) is 0 Å². The van der Waals surface area contributed by atoms with Crippen molar-refractivity contribution in [1.82, 2.24) is 19.9 Å². The van der Waals surface area contributed by atoms with Gasteiger partial charge in [-0.05, 0) is 30.9 Å². The highest BCUT2D eigenvalue weighted by Gasteiger charge is 2.19. The van der Waals surface area contributed by atoms with Crippen LogP contribution in [0.4, 0.5) is 5.82 Å². The molecule has 0 aliphatic carbocycles. The molecule has 6 heteroatoms. The Bertz CT molecular complexity index is 625. The lowest BCUT2D eigenvalue weighted by atomic mass is 10.2. The molecule has 0 spiro atoms. The molecule has 2 aromatic rings. The van der Waals surface area contributed by atoms with Gasteiger partial charge in [-0.25, -0.2) is 9.97 Å². The van der Waals surface area contributed by atoms with Crippen molar-refractivity contribution in [2.75, 3.05) is 37.3 Å². The minimum atomic E-state index is 0.839. The zero-order valence-electron chi connectivity index (χ0n) is 13.1. The second-order valence-corrected chi connectivity index (χ2v) is 6.19. The molecule has 0 atom stereocenters. The average molecular weight is 315 g/mol. The van der Waals surface area contributed by atoms with Gasteiger partial charge in [0.2, 0.25) is 0 Å². The molecule has 0 bridgehead atoms. The number of hydrogen-bond donors (Lipinski definition) is 0. The largest absolute Gasteiger partial charge is 0.354 e. The molecule has 2 aromatic heterocycles. The molecule has 1 aliphatic rings. The molecule has 0 aromatic carbocycles. The Hall–Kier alpha value is -1.66. The third-order valence-electron chi connectivity index (χ3n) is 4.01. The van der Waals surface area contributed by atoms with Crippen molar-refractivity contribution >= 4 is 17.6 Å². The summed E-state index contributed by atoms with van der Waals surface area (Å²) in [5.41, 5.74) is 2.45. The van der Waals surface area contributed by atoms with Gasteiger partial charge in [-0.2, -0.15) is 0 Å². The van der Waals surface area contributed by atoms with Crippen molar-refractivity contribution in [2.45, 2.75) is 18.6 Å². The van der Waals surface area contributed by atoms with Crippen LogP contribution in [0, 0.1) is 6.92 Å². The summed E-state index contributed by atoms with van der Waals surface area (Å²) in [5, 5.41) is 0.839. The molecule has 116 valence electrons. The van der Waals surface area contributed by atoms with E-state index in [0.29, 0.717) is 0 Å². The van der Waals surface area contributed by atoms with E-state index < -0.39 is 0 Å². The van der Waals surface area contributed by atoms with Crippen LogP contribution in [0.2, 0.25) is 0 Å². The summed E-state index contributed by atoms with van der Waals surface area (Å²) in [7, 11) is 0. The van der Waals surface area contributed by atoms with Crippen LogP contribution in [0.1, 0.15) is 11.3 Å². The molecule has 0 unspecified atom stereocenters. The Labute approximate surface area is 135 Å². The fourth-order valence-electron chi connectivity index (χ4n) is 2.67. The fraction of sp³-hybridized carbons (Fsp3) is 0.438. The highest BCUT2D eigenvalue weighted by molar-refractivity contribution is 7.98. The van der Waals surface area contributed by atoms with E-state index >= 15 is 0 Å². The minimum absolute atomic E-state index is 0.839. The van der Waals surface area contributed by atoms with Crippen molar-refractivity contribution in [2.24, 2.45) is 0 Å². The van der Waals surface area contributed by atoms with Crippen molar-refractivity contribution in [3.63, 3.8) is 0 Å². The number of aryl methyl sites for hydroxylation is 1. The zero-order valence-corrected chi connectivity index (χ0v) is 13.9. The average Bonchev–Trinajstić information content (AvgIpc) is 2.58. The first kappa shape index (κ1) is 15.2. The van der Waals surface area contributed by atoms with Gasteiger partial charge in [-0.1, -0.05) is 17.8 Å². The quantitative estimate of drug-likeness (QED) is 0.637. The van der Waals surface area contributed by atoms with Gasteiger partial charge in [0.25, 0.3) is 0 Å². The van der Waals surface area contributed by atoms with Gasteiger partial charge in [-0.15, -0.1) is 0 Å². The summed E-state index contributed by atoms with van der Waals surface area (Å²) in [6.45, 7) is 7.16. The highest BCUT2D eigenvalue weighted by atomic mass is 32.2. The molecule has 0 amide bonds. The Balaban J connectivity index is 1.59. The lowest BCUT2D eigenvalue weighted by Crippen LogP contribution is -2.46. The predicted molar refractivity (Wildman–Crippen MR) is 90.3 cm³/mol. The van der Waals surface area contributed by atoms with Gasteiger partial charge >= 0.3 is 0 Å². The first-order valence-electron chi connectivity index (χ1n) is 7.51. The van der Waals surface area contributed by atoms with Crippen LogP contribution in [0.5, 0.6) is 0 Å². The Morgan fingerprint density at radius 2 is 1.91 bits per heavy atom. The van der Waals surface area contributed by atoms with Crippen LogP contribution in [-0.4, -0.2) is 52.3 Å². The molecule has 1 fully saturated rings. The number of anilines is 1. The van der Waals surface area contributed by atoms with Crippen LogP contribution >= 0.6 is 11.8 Å². The minimum Gasteiger partial charge on any atom is -0.354 e. The number of pyridine rings is 1. The second kappa shape index (κ2) is 7.07. The second-order valence-electron chi connectivity index (χ2n) is 5.41. The molecule has 0 N–H and O–H groups in total. The van der Waals surface area contributed by atoms with Gasteiger partial charge in [-0.3, -0.25) is 9.88 Å². The number of piperazine rings is 1. The molecule has 0 radical (unpaired) electrons. The fourth-order valence-corrected chi connectivity index (χ4v) is 3.02. The van der Waals surface area contributed by atoms with Crippen molar-refractivity contribution in [3.05, 3.63) is 41.9 Å². The molecule has 22 heavy (non-hydrogen) atoms. The van der Waals surface area contributed by atoms with E-state index in [-0.39, 0.29) is 0 Å². The first-order valence-corrected chi connectivity index (χ1v) is 8.73. The number of nitrogens with zero attached hydrogens (tertiary/aromatic N) is 5. The van der Waals surface area contributed by atoms with E-state index in [1.54, 1.807) is 11.8 Å². The maximum Gasteiger partial charge on any atom is 0.189 e. The third-order valence-corrected chi connectivity index (χ3v) is 4.57. The highest BCUT2D eigenvalue weighted by Crippen LogP contribution is 2.18. The summed E-state index contributed by atoms with van der Waals surface area (Å²) >= 11 is 1.58. The van der Waals surface area contributed by atoms with Crippen LogP contribution in [0.3, 0.4) is 0 Å². The Kier molecular flexibility index (Phi) is 4.90. The Morgan fingerprint density at radius 1 is 1.09 bits per heavy atom. The lowest BCUT2D eigenvalue weighted by Gasteiger charge is -2.35. The molecular formula is C16H21N5S. The van der Waals surface area contributed by atoms with E-state index in [4.69, 9.17) is 0 Å². The maximum atomic E-state index is 4.59. The van der Waals surface area contributed by atoms with Crippen molar-refractivity contribution in [3.8, 4) is 0 Å². The van der Waals surface area contributed by atoms with E-state index in [2.05, 4.69) is 37.7 Å². The number of aromatic nitrogens is 3. The Morgan fingerprint density at radius 3 is 2.64 bits per heavy atom. The predicted octanol–water partition coefficient (Wildman–Crippen LogP) is 2.22. The smallest absolute Gasteiger partial charge is 0.189 e. The van der Waals surface area contributed by atoms with E-state index in [0.717, 1.165) is 49.4 Å². The standard InChI is InChI=1S/C16H21N5S/c1-13-14(4-3-6-17-13)12-20-8-10-21(11-9-20)15-5-7-18-16(19-15)22-2/h3-7H,8-12H2,1-2H3. The maximum absolute atomic E-state index is 4.59. The summed E-state index contributed by atoms with van der Waals surface area (Å²) in [6.07, 6.45) is 5.71. The molecule has 5 nitrogen and oxygen atoms in total. The third kappa shape index (κ3) is 3.56. The first-order chi connectivity index (χ1) is 10.8. The normalized spacial score (nSPS) is 16.0. The number of thioether (sulfide) groups is 1. The van der Waals surface area contributed by atoms with Gasteiger partial charge < -0.3 is 4.90 Å². The van der Waals surface area contributed by atoms with Gasteiger partial charge in [0.1, 0.15) is 5.82 Å². The van der Waals surface area contributed by atoms with E-state index in [9.17, 15) is 0 Å². The molecule has 1 saturated heterocycles. The molecule has 3 rings (SSSR count). The SMILES string of the molecule is CSc1nccc(N2CCN(Cc3cccnc3C)CC2)n1. The lowest BCUT2D eigenvalue weighted by molar-refractivity contribution is 0.248. The summed E-state index contributed by atoms with van der Waals surface area (Å²) in [5.74, 6) is 1.04. The topological polar surface area (TPSA) is 45.2 Å². The summed E-state index contributed by atoms with van der Waals surface area (Å²) in [6, 6.07) is 6.19. The summed E-state index contributed by atoms with van der Waals surface area (Å²) in [4.78, 5) is 18.0. The van der Waals surface area contributed by atoms with E-state index in [1.165, 1.54) is 5.56 Å². The van der Waals surface area contributed by atoms with Gasteiger partial charge in [0.15, 0.2) is 5.16 Å². The molecule has 1 aliphatic heterocycles. The van der Waals surface area contributed by atoms with Gasteiger partial charge in [0, 0.05) is 50.8 Å². The molecule has 3 heterocycles. The van der Waals surface area contributed by atoms with E-state index in [1.807, 2.05) is 30.8 Å². The zero-order chi connectivity index (χ0) is 15.4. The van der Waals surface area contributed by atoms with Crippen LogP contribution in [0.15, 0.2) is 35.7 Å². The van der Waals surface area contributed by atoms with Crippen LogP contribution in [-0.2, 0) is 6.54 Å². The van der Waals surface area contributed by atoms with Crippen molar-refractivity contribution in [1.29, 1.82) is 0 Å². The molecule has 0 saturated carbocycles. The van der Waals surface area contributed by atoms with Crippen molar-refractivity contribution < 1.29 is 0 Å². The molecular weight excluding hydrogens is 294 g/mol.